The number of aliphatic hydroxyl groups excluding tert-OH is 1. The number of hydrogen-bond acceptors (Lipinski definition) is 2. The van der Waals surface area contributed by atoms with Crippen molar-refractivity contribution < 1.29 is 5.11 Å². The van der Waals surface area contributed by atoms with Gasteiger partial charge in [0.15, 0.2) is 0 Å². The zero-order valence-corrected chi connectivity index (χ0v) is 10.9. The molecule has 0 aliphatic carbocycles. The standard InChI is InChI=1S/C15H23NO/c1-15(2)12-14(17)9-11-16(15)10-8-13-6-4-3-5-7-13/h3-7,14,17H,8-12H2,1-2H3. The number of piperidine rings is 1. The van der Waals surface area contributed by atoms with E-state index >= 15 is 0 Å². The monoisotopic (exact) mass is 233 g/mol. The van der Waals surface area contributed by atoms with E-state index in [1.165, 1.54) is 5.56 Å². The zero-order chi connectivity index (χ0) is 12.3. The topological polar surface area (TPSA) is 23.5 Å². The van der Waals surface area contributed by atoms with E-state index in [2.05, 4.69) is 49.1 Å². The molecule has 1 aliphatic heterocycles. The first-order valence-electron chi connectivity index (χ1n) is 6.55. The van der Waals surface area contributed by atoms with Crippen molar-refractivity contribution in [1.29, 1.82) is 0 Å². The maximum atomic E-state index is 9.72. The van der Waals surface area contributed by atoms with E-state index in [1.807, 2.05) is 0 Å². The molecule has 0 bridgehead atoms. The highest BCUT2D eigenvalue weighted by Gasteiger charge is 2.33. The van der Waals surface area contributed by atoms with Gasteiger partial charge in [-0.25, -0.2) is 0 Å². The maximum absolute atomic E-state index is 9.72. The molecule has 0 amide bonds. The minimum absolute atomic E-state index is 0.113. The molecule has 1 saturated heterocycles. The van der Waals surface area contributed by atoms with Crippen LogP contribution in [0.2, 0.25) is 0 Å². The Labute approximate surface area is 104 Å². The molecule has 1 aromatic rings. The second-order valence-electron chi connectivity index (χ2n) is 5.68. The Hall–Kier alpha value is -0.860. The summed E-state index contributed by atoms with van der Waals surface area (Å²) in [5, 5.41) is 9.72. The summed E-state index contributed by atoms with van der Waals surface area (Å²) >= 11 is 0. The van der Waals surface area contributed by atoms with Crippen LogP contribution in [0.1, 0.15) is 32.3 Å². The molecule has 1 fully saturated rings. The smallest absolute Gasteiger partial charge is 0.0569 e. The van der Waals surface area contributed by atoms with Gasteiger partial charge in [-0.2, -0.15) is 0 Å². The van der Waals surface area contributed by atoms with Crippen molar-refractivity contribution in [2.45, 2.75) is 44.8 Å². The van der Waals surface area contributed by atoms with Crippen LogP contribution < -0.4 is 0 Å². The summed E-state index contributed by atoms with van der Waals surface area (Å²) in [5.41, 5.74) is 1.53. The van der Waals surface area contributed by atoms with Crippen molar-refractivity contribution in [3.8, 4) is 0 Å². The Morgan fingerprint density at radius 2 is 2.00 bits per heavy atom. The first-order chi connectivity index (χ1) is 8.08. The van der Waals surface area contributed by atoms with Gasteiger partial charge in [-0.1, -0.05) is 30.3 Å². The molecule has 1 unspecified atom stereocenters. The van der Waals surface area contributed by atoms with E-state index < -0.39 is 0 Å². The molecule has 17 heavy (non-hydrogen) atoms. The van der Waals surface area contributed by atoms with E-state index in [4.69, 9.17) is 0 Å². The molecule has 2 rings (SSSR count). The summed E-state index contributed by atoms with van der Waals surface area (Å²) in [7, 11) is 0. The molecular formula is C15H23NO. The average Bonchev–Trinajstić information content (AvgIpc) is 2.28. The molecule has 1 aliphatic rings. The minimum Gasteiger partial charge on any atom is -0.393 e. The van der Waals surface area contributed by atoms with Crippen LogP contribution in [0.5, 0.6) is 0 Å². The first kappa shape index (κ1) is 12.6. The van der Waals surface area contributed by atoms with Crippen LogP contribution in [0.3, 0.4) is 0 Å². The van der Waals surface area contributed by atoms with Crippen LogP contribution in [0.25, 0.3) is 0 Å². The molecule has 0 aromatic heterocycles. The number of hydrogen-bond donors (Lipinski definition) is 1. The van der Waals surface area contributed by atoms with Crippen LogP contribution in [0.15, 0.2) is 30.3 Å². The minimum atomic E-state index is -0.113. The summed E-state index contributed by atoms with van der Waals surface area (Å²) in [4.78, 5) is 2.51. The molecule has 1 N–H and O–H groups in total. The van der Waals surface area contributed by atoms with Gasteiger partial charge in [0, 0.05) is 18.6 Å². The molecular weight excluding hydrogens is 210 g/mol. The summed E-state index contributed by atoms with van der Waals surface area (Å²) in [6.07, 6.45) is 2.79. The fourth-order valence-corrected chi connectivity index (χ4v) is 2.74. The summed E-state index contributed by atoms with van der Waals surface area (Å²) in [6.45, 7) is 6.57. The number of likely N-dealkylation sites (tertiary alicyclic amines) is 1. The van der Waals surface area contributed by atoms with Crippen molar-refractivity contribution in [2.75, 3.05) is 13.1 Å². The highest BCUT2D eigenvalue weighted by molar-refractivity contribution is 5.15. The maximum Gasteiger partial charge on any atom is 0.0569 e. The van der Waals surface area contributed by atoms with Crippen molar-refractivity contribution in [3.05, 3.63) is 35.9 Å². The van der Waals surface area contributed by atoms with Crippen LogP contribution in [-0.2, 0) is 6.42 Å². The second kappa shape index (κ2) is 5.19. The SMILES string of the molecule is CC1(C)CC(O)CCN1CCc1ccccc1. The van der Waals surface area contributed by atoms with Gasteiger partial charge < -0.3 is 5.11 Å². The Bertz CT molecular complexity index is 347. The average molecular weight is 233 g/mol. The van der Waals surface area contributed by atoms with E-state index in [1.54, 1.807) is 0 Å². The number of nitrogens with zero attached hydrogens (tertiary/aromatic N) is 1. The summed E-state index contributed by atoms with van der Waals surface area (Å²) < 4.78 is 0. The molecule has 0 radical (unpaired) electrons. The Kier molecular flexibility index (Phi) is 3.85. The lowest BCUT2D eigenvalue weighted by atomic mass is 9.88. The number of aliphatic hydroxyl groups is 1. The second-order valence-corrected chi connectivity index (χ2v) is 5.68. The molecule has 1 atom stereocenters. The van der Waals surface area contributed by atoms with E-state index in [0.717, 1.165) is 32.4 Å². The molecule has 94 valence electrons. The fourth-order valence-electron chi connectivity index (χ4n) is 2.74. The predicted octanol–water partition coefficient (Wildman–Crippen LogP) is 2.46. The zero-order valence-electron chi connectivity index (χ0n) is 10.9. The van der Waals surface area contributed by atoms with E-state index in [9.17, 15) is 5.11 Å². The summed E-state index contributed by atoms with van der Waals surface area (Å²) in [5.74, 6) is 0. The summed E-state index contributed by atoms with van der Waals surface area (Å²) in [6, 6.07) is 10.6. The van der Waals surface area contributed by atoms with E-state index in [0.29, 0.717) is 0 Å². The van der Waals surface area contributed by atoms with Crippen molar-refractivity contribution in [2.24, 2.45) is 0 Å². The van der Waals surface area contributed by atoms with E-state index in [-0.39, 0.29) is 11.6 Å². The third-order valence-electron chi connectivity index (χ3n) is 3.84. The first-order valence-corrected chi connectivity index (χ1v) is 6.55. The molecule has 1 aromatic carbocycles. The lowest BCUT2D eigenvalue weighted by molar-refractivity contribution is -0.00150. The van der Waals surface area contributed by atoms with Gasteiger partial charge in [0.05, 0.1) is 6.10 Å². The quantitative estimate of drug-likeness (QED) is 0.867. The highest BCUT2D eigenvalue weighted by Crippen LogP contribution is 2.27. The van der Waals surface area contributed by atoms with Gasteiger partial charge in [0.1, 0.15) is 0 Å². The Morgan fingerprint density at radius 1 is 1.29 bits per heavy atom. The van der Waals surface area contributed by atoms with Crippen LogP contribution in [-0.4, -0.2) is 34.7 Å². The van der Waals surface area contributed by atoms with Gasteiger partial charge in [-0.05, 0) is 38.7 Å². The van der Waals surface area contributed by atoms with Crippen LogP contribution in [0.4, 0.5) is 0 Å². The Morgan fingerprint density at radius 3 is 2.65 bits per heavy atom. The molecule has 0 spiro atoms. The van der Waals surface area contributed by atoms with Gasteiger partial charge in [-0.15, -0.1) is 0 Å². The molecule has 0 saturated carbocycles. The lowest BCUT2D eigenvalue weighted by Gasteiger charge is -2.44. The van der Waals surface area contributed by atoms with Gasteiger partial charge in [-0.3, -0.25) is 4.90 Å². The third kappa shape index (κ3) is 3.30. The van der Waals surface area contributed by atoms with Crippen LogP contribution in [0, 0.1) is 0 Å². The lowest BCUT2D eigenvalue weighted by Crippen LogP contribution is -2.52. The molecule has 1 heterocycles. The van der Waals surface area contributed by atoms with Crippen molar-refractivity contribution >= 4 is 0 Å². The molecule has 2 nitrogen and oxygen atoms in total. The van der Waals surface area contributed by atoms with Crippen molar-refractivity contribution in [3.63, 3.8) is 0 Å². The molecule has 2 heteroatoms. The number of rotatable bonds is 3. The Balaban J connectivity index is 1.91. The fraction of sp³-hybridized carbons (Fsp3) is 0.600. The normalized spacial score (nSPS) is 24.8. The largest absolute Gasteiger partial charge is 0.393 e. The third-order valence-corrected chi connectivity index (χ3v) is 3.84. The van der Waals surface area contributed by atoms with Gasteiger partial charge in [0.2, 0.25) is 0 Å². The van der Waals surface area contributed by atoms with Crippen molar-refractivity contribution in [1.82, 2.24) is 4.90 Å². The van der Waals surface area contributed by atoms with Crippen LogP contribution >= 0.6 is 0 Å². The van der Waals surface area contributed by atoms with Gasteiger partial charge in [0.25, 0.3) is 0 Å². The number of benzene rings is 1. The van der Waals surface area contributed by atoms with Gasteiger partial charge >= 0.3 is 0 Å². The predicted molar refractivity (Wildman–Crippen MR) is 71.0 cm³/mol. The highest BCUT2D eigenvalue weighted by atomic mass is 16.3.